The number of nitrogens with zero attached hydrogens (tertiary/aromatic N) is 3. The topological polar surface area (TPSA) is 88.6 Å². The lowest BCUT2D eigenvalue weighted by atomic mass is 10.1. The summed E-state index contributed by atoms with van der Waals surface area (Å²) in [5.74, 6) is 1.01. The Balaban J connectivity index is 1.36. The molecule has 0 aliphatic carbocycles. The van der Waals surface area contributed by atoms with Gasteiger partial charge in [0.1, 0.15) is 0 Å². The summed E-state index contributed by atoms with van der Waals surface area (Å²) in [4.78, 5) is 14.6. The summed E-state index contributed by atoms with van der Waals surface area (Å²) >= 11 is 6.34. The van der Waals surface area contributed by atoms with Gasteiger partial charge in [0, 0.05) is 45.7 Å². The number of carbonyl (C=O) groups is 1. The molecule has 1 aromatic carbocycles. The Morgan fingerprint density at radius 2 is 1.69 bits per heavy atom. The van der Waals surface area contributed by atoms with Gasteiger partial charge in [-0.3, -0.25) is 4.79 Å². The Labute approximate surface area is 194 Å². The van der Waals surface area contributed by atoms with E-state index in [1.807, 2.05) is 13.8 Å². The zero-order chi connectivity index (χ0) is 22.9. The molecular formula is C21H30ClN3O6S. The summed E-state index contributed by atoms with van der Waals surface area (Å²) in [6, 6.07) is 3.53. The molecule has 4 rings (SSSR count). The lowest BCUT2D eigenvalue weighted by Gasteiger charge is -2.40. The molecular weight excluding hydrogens is 458 g/mol. The highest BCUT2D eigenvalue weighted by atomic mass is 35.5. The minimum absolute atomic E-state index is 0.0683. The molecule has 3 aliphatic heterocycles. The van der Waals surface area contributed by atoms with Crippen LogP contribution in [0.5, 0.6) is 11.5 Å². The molecule has 0 saturated carbocycles. The Hall–Kier alpha value is -1.59. The largest absolute Gasteiger partial charge is 0.489 e. The maximum atomic E-state index is 13.1. The highest BCUT2D eigenvalue weighted by molar-refractivity contribution is 7.86. The number of hydrogen-bond acceptors (Lipinski definition) is 6. The average Bonchev–Trinajstić information content (AvgIpc) is 2.99. The fourth-order valence-electron chi connectivity index (χ4n) is 4.32. The smallest absolute Gasteiger partial charge is 0.282 e. The molecule has 0 spiro atoms. The van der Waals surface area contributed by atoms with E-state index in [9.17, 15) is 13.2 Å². The van der Waals surface area contributed by atoms with Crippen LogP contribution in [-0.4, -0.2) is 92.5 Å². The SMILES string of the molecule is CC1CN(S(=O)(=O)N2CCN(C(=O)Cc3cc(Cl)c4c(c3)OCCCO4)CC2)CC(C)O1. The zero-order valence-corrected chi connectivity index (χ0v) is 20.0. The van der Waals surface area contributed by atoms with Gasteiger partial charge in [0.15, 0.2) is 11.5 Å². The molecule has 11 heteroatoms. The van der Waals surface area contributed by atoms with Crippen molar-refractivity contribution in [1.82, 2.24) is 13.5 Å². The molecule has 0 N–H and O–H groups in total. The van der Waals surface area contributed by atoms with Crippen molar-refractivity contribution < 1.29 is 27.4 Å². The molecule has 0 bridgehead atoms. The van der Waals surface area contributed by atoms with Crippen molar-refractivity contribution >= 4 is 27.7 Å². The van der Waals surface area contributed by atoms with Crippen molar-refractivity contribution in [2.45, 2.75) is 38.9 Å². The van der Waals surface area contributed by atoms with Crippen molar-refractivity contribution in [2.24, 2.45) is 0 Å². The third-order valence-electron chi connectivity index (χ3n) is 5.85. The molecule has 2 atom stereocenters. The third kappa shape index (κ3) is 5.14. The van der Waals surface area contributed by atoms with Gasteiger partial charge >= 0.3 is 0 Å². The maximum absolute atomic E-state index is 13.1. The standard InChI is InChI=1S/C21H30ClN3O6S/c1-15-13-25(14-16(2)31-15)32(27,28)24-6-4-23(5-7-24)20(26)12-17-10-18(22)21-19(11-17)29-8-3-9-30-21/h10-11,15-16H,3-9,12-14H2,1-2H3. The Morgan fingerprint density at radius 1 is 1.03 bits per heavy atom. The van der Waals surface area contributed by atoms with Gasteiger partial charge in [-0.1, -0.05) is 11.6 Å². The Bertz CT molecular complexity index is 941. The minimum Gasteiger partial charge on any atom is -0.489 e. The van der Waals surface area contributed by atoms with Crippen LogP contribution in [0.4, 0.5) is 0 Å². The van der Waals surface area contributed by atoms with Crippen LogP contribution in [0.25, 0.3) is 0 Å². The first-order valence-electron chi connectivity index (χ1n) is 11.0. The van der Waals surface area contributed by atoms with E-state index in [1.165, 1.54) is 8.61 Å². The number of morpholine rings is 1. The van der Waals surface area contributed by atoms with Crippen LogP contribution in [0.1, 0.15) is 25.8 Å². The average molecular weight is 488 g/mol. The van der Waals surface area contributed by atoms with Crippen LogP contribution in [0.2, 0.25) is 5.02 Å². The predicted molar refractivity (Wildman–Crippen MR) is 119 cm³/mol. The molecule has 1 aromatic rings. The lowest BCUT2D eigenvalue weighted by molar-refractivity contribution is -0.131. The van der Waals surface area contributed by atoms with E-state index in [0.29, 0.717) is 55.9 Å². The Kier molecular flexibility index (Phi) is 7.16. The number of piperazine rings is 1. The number of ether oxygens (including phenoxy) is 3. The number of fused-ring (bicyclic) bond motifs is 1. The van der Waals surface area contributed by atoms with Gasteiger partial charge in [0.05, 0.1) is 36.9 Å². The minimum atomic E-state index is -3.58. The van der Waals surface area contributed by atoms with Crippen LogP contribution in [0, 0.1) is 0 Å². The molecule has 2 unspecified atom stereocenters. The van der Waals surface area contributed by atoms with Crippen molar-refractivity contribution in [2.75, 3.05) is 52.5 Å². The third-order valence-corrected chi connectivity index (χ3v) is 8.10. The van der Waals surface area contributed by atoms with E-state index in [0.717, 1.165) is 12.0 Å². The van der Waals surface area contributed by atoms with Gasteiger partial charge in [-0.2, -0.15) is 17.0 Å². The van der Waals surface area contributed by atoms with E-state index in [4.69, 9.17) is 25.8 Å². The summed E-state index contributed by atoms with van der Waals surface area (Å²) in [5, 5.41) is 0.428. The van der Waals surface area contributed by atoms with Crippen molar-refractivity contribution in [1.29, 1.82) is 0 Å². The molecule has 9 nitrogen and oxygen atoms in total. The number of carbonyl (C=O) groups excluding carboxylic acids is 1. The molecule has 3 heterocycles. The van der Waals surface area contributed by atoms with E-state index < -0.39 is 10.2 Å². The second-order valence-electron chi connectivity index (χ2n) is 8.49. The van der Waals surface area contributed by atoms with Crippen LogP contribution in [0.3, 0.4) is 0 Å². The van der Waals surface area contributed by atoms with Gasteiger partial charge in [0.25, 0.3) is 10.2 Å². The highest BCUT2D eigenvalue weighted by Gasteiger charge is 2.37. The van der Waals surface area contributed by atoms with Crippen molar-refractivity contribution in [3.05, 3.63) is 22.7 Å². The normalized spacial score (nSPS) is 25.4. The molecule has 1 amide bonds. The van der Waals surface area contributed by atoms with Crippen LogP contribution in [-0.2, 0) is 26.2 Å². The van der Waals surface area contributed by atoms with Gasteiger partial charge in [0.2, 0.25) is 5.91 Å². The number of halogens is 1. The van der Waals surface area contributed by atoms with Gasteiger partial charge in [-0.25, -0.2) is 0 Å². The molecule has 32 heavy (non-hydrogen) atoms. The fourth-order valence-corrected chi connectivity index (χ4v) is 6.36. The zero-order valence-electron chi connectivity index (χ0n) is 18.5. The monoisotopic (exact) mass is 487 g/mol. The van der Waals surface area contributed by atoms with Crippen LogP contribution < -0.4 is 9.47 Å². The van der Waals surface area contributed by atoms with Crippen molar-refractivity contribution in [3.8, 4) is 11.5 Å². The number of amides is 1. The van der Waals surface area contributed by atoms with Crippen LogP contribution >= 0.6 is 11.6 Å². The summed E-state index contributed by atoms with van der Waals surface area (Å²) in [6.45, 7) is 6.77. The van der Waals surface area contributed by atoms with E-state index >= 15 is 0 Å². The lowest BCUT2D eigenvalue weighted by Crippen LogP contribution is -2.57. The summed E-state index contributed by atoms with van der Waals surface area (Å²) in [6.07, 6.45) is 0.660. The van der Waals surface area contributed by atoms with Crippen LogP contribution in [0.15, 0.2) is 12.1 Å². The molecule has 2 saturated heterocycles. The first-order valence-corrected chi connectivity index (χ1v) is 12.8. The fraction of sp³-hybridized carbons (Fsp3) is 0.667. The van der Waals surface area contributed by atoms with Gasteiger partial charge < -0.3 is 19.1 Å². The summed E-state index contributed by atoms with van der Waals surface area (Å²) in [7, 11) is -3.58. The van der Waals surface area contributed by atoms with Gasteiger partial charge in [-0.05, 0) is 31.5 Å². The molecule has 0 aromatic heterocycles. The highest BCUT2D eigenvalue weighted by Crippen LogP contribution is 2.38. The second kappa shape index (κ2) is 9.72. The first-order chi connectivity index (χ1) is 15.2. The predicted octanol–water partition coefficient (Wildman–Crippen LogP) is 1.54. The Morgan fingerprint density at radius 3 is 2.38 bits per heavy atom. The molecule has 3 aliphatic rings. The van der Waals surface area contributed by atoms with Crippen molar-refractivity contribution in [3.63, 3.8) is 0 Å². The molecule has 2 fully saturated rings. The van der Waals surface area contributed by atoms with E-state index in [1.54, 1.807) is 17.0 Å². The molecule has 178 valence electrons. The van der Waals surface area contributed by atoms with E-state index in [2.05, 4.69) is 0 Å². The number of rotatable bonds is 4. The maximum Gasteiger partial charge on any atom is 0.282 e. The number of benzene rings is 1. The summed E-state index contributed by atoms with van der Waals surface area (Å²) < 4.78 is 46.0. The second-order valence-corrected chi connectivity index (χ2v) is 10.8. The number of hydrogen-bond donors (Lipinski definition) is 0. The molecule has 0 radical (unpaired) electrons. The quantitative estimate of drug-likeness (QED) is 0.640. The first kappa shape index (κ1) is 23.6. The van der Waals surface area contributed by atoms with Gasteiger partial charge in [-0.15, -0.1) is 0 Å². The summed E-state index contributed by atoms with van der Waals surface area (Å²) in [5.41, 5.74) is 0.746. The van der Waals surface area contributed by atoms with E-state index in [-0.39, 0.29) is 37.6 Å².